The quantitative estimate of drug-likeness (QED) is 0.495. The van der Waals surface area contributed by atoms with E-state index in [1.165, 1.54) is 11.3 Å². The van der Waals surface area contributed by atoms with Crippen molar-refractivity contribution in [2.24, 2.45) is 0 Å². The molecule has 7 nitrogen and oxygen atoms in total. The monoisotopic (exact) mass is 475 g/mol. The lowest BCUT2D eigenvalue weighted by Gasteiger charge is -2.27. The largest absolute Gasteiger partial charge is 0.379 e. The van der Waals surface area contributed by atoms with E-state index in [9.17, 15) is 4.79 Å². The Morgan fingerprint density at radius 2 is 2.03 bits per heavy atom. The molecule has 0 aliphatic carbocycles. The zero-order valence-electron chi connectivity index (χ0n) is 19.1. The van der Waals surface area contributed by atoms with Gasteiger partial charge in [0.05, 0.1) is 23.4 Å². The number of hydrogen-bond acceptors (Lipinski definition) is 6. The third kappa shape index (κ3) is 4.83. The molecule has 0 atom stereocenters. The molecule has 2 aromatic heterocycles. The van der Waals surface area contributed by atoms with Crippen LogP contribution in [0.1, 0.15) is 48.1 Å². The van der Waals surface area contributed by atoms with Gasteiger partial charge >= 0.3 is 0 Å². The van der Waals surface area contributed by atoms with E-state index in [0.29, 0.717) is 22.4 Å². The maximum atomic E-state index is 13.6. The van der Waals surface area contributed by atoms with E-state index in [1.807, 2.05) is 36.7 Å². The minimum absolute atomic E-state index is 0.114. The summed E-state index contributed by atoms with van der Waals surface area (Å²) in [7, 11) is 0. The fourth-order valence-electron chi connectivity index (χ4n) is 4.02. The Labute approximate surface area is 197 Å². The van der Waals surface area contributed by atoms with E-state index in [1.54, 1.807) is 4.90 Å². The summed E-state index contributed by atoms with van der Waals surface area (Å²) in [5, 5.41) is 5.97. The van der Waals surface area contributed by atoms with Crippen molar-refractivity contribution in [2.75, 3.05) is 44.3 Å². The normalized spacial score (nSPS) is 15.1. The first-order valence-corrected chi connectivity index (χ1v) is 12.3. The van der Waals surface area contributed by atoms with Crippen LogP contribution in [-0.4, -0.2) is 65.0 Å². The van der Waals surface area contributed by atoms with Crippen LogP contribution in [0.2, 0.25) is 5.02 Å². The first-order valence-electron chi connectivity index (χ1n) is 11.1. The van der Waals surface area contributed by atoms with Gasteiger partial charge in [-0.05, 0) is 57.9 Å². The van der Waals surface area contributed by atoms with Gasteiger partial charge in [-0.2, -0.15) is 5.10 Å². The van der Waals surface area contributed by atoms with Crippen LogP contribution in [0.25, 0.3) is 10.2 Å². The number of ether oxygens (including phenoxy) is 1. The van der Waals surface area contributed by atoms with Crippen LogP contribution in [0, 0.1) is 13.8 Å². The highest BCUT2D eigenvalue weighted by molar-refractivity contribution is 7.22. The molecule has 0 spiro atoms. The van der Waals surface area contributed by atoms with E-state index >= 15 is 0 Å². The summed E-state index contributed by atoms with van der Waals surface area (Å²) < 4.78 is 8.36. The molecule has 1 saturated heterocycles. The molecule has 0 unspecified atom stereocenters. The minimum Gasteiger partial charge on any atom is -0.379 e. The zero-order chi connectivity index (χ0) is 22.8. The molecule has 0 radical (unpaired) electrons. The second-order valence-corrected chi connectivity index (χ2v) is 9.91. The molecule has 3 heterocycles. The minimum atomic E-state index is -0.114. The van der Waals surface area contributed by atoms with E-state index in [4.69, 9.17) is 21.3 Å². The summed E-state index contributed by atoms with van der Waals surface area (Å²) in [6.45, 7) is 13.0. The van der Waals surface area contributed by atoms with Gasteiger partial charge in [0.2, 0.25) is 0 Å². The van der Waals surface area contributed by atoms with Gasteiger partial charge < -0.3 is 4.74 Å². The van der Waals surface area contributed by atoms with Crippen molar-refractivity contribution in [1.29, 1.82) is 0 Å². The van der Waals surface area contributed by atoms with Crippen LogP contribution in [0.3, 0.4) is 0 Å². The number of aromatic nitrogens is 3. The topological polar surface area (TPSA) is 63.5 Å². The highest BCUT2D eigenvalue weighted by Gasteiger charge is 2.25. The fraction of sp³-hybridized carbons (Fsp3) is 0.522. The number of rotatable bonds is 7. The molecule has 0 N–H and O–H groups in total. The Morgan fingerprint density at radius 1 is 1.28 bits per heavy atom. The Bertz CT molecular complexity index is 1100. The SMILES string of the molecule is Cc1c(Cl)ccc2sc(N(CCCN3CCOCC3)C(=O)c3cc(C)n(C(C)C)n3)nc12. The number of carbonyl (C=O) groups excluding carboxylic acids is 1. The van der Waals surface area contributed by atoms with Gasteiger partial charge in [0.25, 0.3) is 5.91 Å². The highest BCUT2D eigenvalue weighted by Crippen LogP contribution is 2.34. The summed E-state index contributed by atoms with van der Waals surface area (Å²) in [4.78, 5) is 22.6. The van der Waals surface area contributed by atoms with Crippen molar-refractivity contribution in [3.63, 3.8) is 0 Å². The lowest BCUT2D eigenvalue weighted by molar-refractivity contribution is 0.0376. The smallest absolute Gasteiger partial charge is 0.280 e. The standard InChI is InChI=1S/C23H30ClN5O2S/c1-15(2)29-16(3)14-19(26-29)22(30)28(9-5-8-27-10-12-31-13-11-27)23-25-21-17(4)18(24)6-7-20(21)32-23/h6-7,14-15H,5,8-13H2,1-4H3. The lowest BCUT2D eigenvalue weighted by atomic mass is 10.2. The number of anilines is 1. The van der Waals surface area contributed by atoms with Gasteiger partial charge in [-0.15, -0.1) is 0 Å². The maximum absolute atomic E-state index is 13.6. The third-order valence-electron chi connectivity index (χ3n) is 5.80. The van der Waals surface area contributed by atoms with Gasteiger partial charge in [-0.25, -0.2) is 4.98 Å². The number of halogens is 1. The average Bonchev–Trinajstić information content (AvgIpc) is 3.38. The van der Waals surface area contributed by atoms with Crippen LogP contribution in [-0.2, 0) is 4.74 Å². The molecule has 1 aromatic carbocycles. The summed E-state index contributed by atoms with van der Waals surface area (Å²) in [6.07, 6.45) is 0.852. The maximum Gasteiger partial charge on any atom is 0.280 e. The first-order chi connectivity index (χ1) is 15.3. The van der Waals surface area contributed by atoms with Crippen molar-refractivity contribution in [3.8, 4) is 0 Å². The van der Waals surface area contributed by atoms with Crippen molar-refractivity contribution < 1.29 is 9.53 Å². The van der Waals surface area contributed by atoms with Crippen LogP contribution in [0.5, 0.6) is 0 Å². The van der Waals surface area contributed by atoms with Crippen LogP contribution < -0.4 is 4.90 Å². The molecule has 9 heteroatoms. The second kappa shape index (κ2) is 9.87. The number of fused-ring (bicyclic) bond motifs is 1. The van der Waals surface area contributed by atoms with E-state index < -0.39 is 0 Å². The molecule has 1 amide bonds. The number of nitrogens with zero attached hydrogens (tertiary/aromatic N) is 5. The molecule has 172 valence electrons. The first kappa shape index (κ1) is 23.2. The lowest BCUT2D eigenvalue weighted by Crippen LogP contribution is -2.39. The highest BCUT2D eigenvalue weighted by atomic mass is 35.5. The summed E-state index contributed by atoms with van der Waals surface area (Å²) in [6, 6.07) is 5.92. The Hall–Kier alpha value is -2.00. The second-order valence-electron chi connectivity index (χ2n) is 8.49. The van der Waals surface area contributed by atoms with E-state index in [2.05, 4.69) is 23.8 Å². The predicted molar refractivity (Wildman–Crippen MR) is 130 cm³/mol. The molecule has 32 heavy (non-hydrogen) atoms. The summed E-state index contributed by atoms with van der Waals surface area (Å²) >= 11 is 7.83. The molecule has 0 saturated carbocycles. The molecular weight excluding hydrogens is 446 g/mol. The van der Waals surface area contributed by atoms with Gasteiger partial charge in [-0.3, -0.25) is 19.3 Å². The number of benzene rings is 1. The summed E-state index contributed by atoms with van der Waals surface area (Å²) in [5.41, 5.74) is 3.22. The Morgan fingerprint density at radius 3 is 2.72 bits per heavy atom. The molecular formula is C23H30ClN5O2S. The van der Waals surface area contributed by atoms with Gasteiger partial charge in [-0.1, -0.05) is 22.9 Å². The molecule has 1 aliphatic heterocycles. The Kier molecular flexibility index (Phi) is 7.14. The van der Waals surface area contributed by atoms with Crippen molar-refractivity contribution in [2.45, 2.75) is 40.2 Å². The third-order valence-corrected chi connectivity index (χ3v) is 7.26. The van der Waals surface area contributed by atoms with Crippen molar-refractivity contribution >= 4 is 44.2 Å². The predicted octanol–water partition coefficient (Wildman–Crippen LogP) is 4.71. The van der Waals surface area contributed by atoms with Crippen LogP contribution in [0.4, 0.5) is 5.13 Å². The molecule has 3 aromatic rings. The summed E-state index contributed by atoms with van der Waals surface area (Å²) in [5.74, 6) is -0.114. The zero-order valence-corrected chi connectivity index (χ0v) is 20.7. The molecule has 4 rings (SSSR count). The van der Waals surface area contributed by atoms with Crippen molar-refractivity contribution in [1.82, 2.24) is 19.7 Å². The van der Waals surface area contributed by atoms with Crippen LogP contribution >= 0.6 is 22.9 Å². The van der Waals surface area contributed by atoms with Gasteiger partial charge in [0.1, 0.15) is 0 Å². The number of morpholine rings is 1. The van der Waals surface area contributed by atoms with Gasteiger partial charge in [0.15, 0.2) is 10.8 Å². The van der Waals surface area contributed by atoms with E-state index in [-0.39, 0.29) is 11.9 Å². The Balaban J connectivity index is 1.62. The number of thiazole rings is 1. The van der Waals surface area contributed by atoms with E-state index in [0.717, 1.165) is 60.7 Å². The molecule has 1 fully saturated rings. The number of hydrogen-bond donors (Lipinski definition) is 0. The number of aryl methyl sites for hydroxylation is 2. The molecule has 1 aliphatic rings. The van der Waals surface area contributed by atoms with Crippen LogP contribution in [0.15, 0.2) is 18.2 Å². The fourth-order valence-corrected chi connectivity index (χ4v) is 5.22. The number of carbonyl (C=O) groups is 1. The number of amides is 1. The average molecular weight is 476 g/mol. The van der Waals surface area contributed by atoms with Gasteiger partial charge in [0, 0.05) is 42.9 Å². The molecule has 0 bridgehead atoms. The van der Waals surface area contributed by atoms with Crippen molar-refractivity contribution in [3.05, 3.63) is 40.2 Å².